The predicted octanol–water partition coefficient (Wildman–Crippen LogP) is 5.10. The lowest BCUT2D eigenvalue weighted by molar-refractivity contribution is -0.118. The molecule has 0 aliphatic carbocycles. The van der Waals surface area contributed by atoms with Gasteiger partial charge in [0.1, 0.15) is 18.1 Å². The highest BCUT2D eigenvalue weighted by molar-refractivity contribution is 9.11. The Morgan fingerprint density at radius 3 is 2.75 bits per heavy atom. The van der Waals surface area contributed by atoms with Gasteiger partial charge in [-0.05, 0) is 52.7 Å². The molecule has 0 heterocycles. The summed E-state index contributed by atoms with van der Waals surface area (Å²) in [7, 11) is 0. The number of carbonyl (C=O) groups is 1. The monoisotopic (exact) mass is 453 g/mol. The molecule has 0 aliphatic rings. The van der Waals surface area contributed by atoms with E-state index < -0.39 is 0 Å². The molecule has 0 bridgehead atoms. The zero-order valence-corrected chi connectivity index (χ0v) is 16.3. The van der Waals surface area contributed by atoms with Gasteiger partial charge in [0, 0.05) is 16.2 Å². The second kappa shape index (κ2) is 8.89. The number of hydrogen-bond acceptors (Lipinski definition) is 3. The molecule has 24 heavy (non-hydrogen) atoms. The largest absolute Gasteiger partial charge is 0.489 e. The third-order valence-electron chi connectivity index (χ3n) is 3.03. The highest BCUT2D eigenvalue weighted by Gasteiger charge is 2.10. The Bertz CT molecular complexity index is 724. The molecule has 4 nitrogen and oxygen atoms in total. The van der Waals surface area contributed by atoms with E-state index in [0.717, 1.165) is 14.5 Å². The Balaban J connectivity index is 1.95. The van der Waals surface area contributed by atoms with Crippen LogP contribution in [0.5, 0.6) is 11.5 Å². The van der Waals surface area contributed by atoms with Gasteiger partial charge in [0.2, 0.25) is 0 Å². The van der Waals surface area contributed by atoms with Gasteiger partial charge >= 0.3 is 0 Å². The van der Waals surface area contributed by atoms with E-state index in [0.29, 0.717) is 23.8 Å². The zero-order chi connectivity index (χ0) is 17.5. The van der Waals surface area contributed by atoms with Crippen LogP contribution < -0.4 is 14.8 Å². The molecule has 2 aromatic carbocycles. The van der Waals surface area contributed by atoms with Crippen molar-refractivity contribution >= 4 is 43.5 Å². The van der Waals surface area contributed by atoms with Crippen molar-refractivity contribution in [2.75, 3.05) is 18.5 Å². The van der Waals surface area contributed by atoms with Crippen molar-refractivity contribution in [1.29, 1.82) is 0 Å². The maximum atomic E-state index is 12.1. The van der Waals surface area contributed by atoms with Gasteiger partial charge in [-0.3, -0.25) is 4.79 Å². The van der Waals surface area contributed by atoms with Crippen LogP contribution in [-0.2, 0) is 4.79 Å². The summed E-state index contributed by atoms with van der Waals surface area (Å²) >= 11 is 6.85. The number of nitrogens with one attached hydrogen (secondary N) is 1. The molecule has 126 valence electrons. The average Bonchev–Trinajstić information content (AvgIpc) is 2.52. The summed E-state index contributed by atoms with van der Waals surface area (Å²) in [5.41, 5.74) is 1.58. The van der Waals surface area contributed by atoms with Crippen LogP contribution in [0.3, 0.4) is 0 Å². The molecule has 0 unspecified atom stereocenters. The summed E-state index contributed by atoms with van der Waals surface area (Å²) in [5.74, 6) is 1.07. The van der Waals surface area contributed by atoms with E-state index in [2.05, 4.69) is 43.8 Å². The van der Waals surface area contributed by atoms with E-state index in [1.807, 2.05) is 31.2 Å². The topological polar surface area (TPSA) is 47.6 Å². The molecule has 0 aliphatic heterocycles. The lowest BCUT2D eigenvalue weighted by Gasteiger charge is -2.12. The van der Waals surface area contributed by atoms with E-state index in [9.17, 15) is 4.79 Å². The van der Waals surface area contributed by atoms with Gasteiger partial charge in [0.05, 0.1) is 4.47 Å². The van der Waals surface area contributed by atoms with Gasteiger partial charge in [-0.2, -0.15) is 0 Å². The Labute approximate surface area is 158 Å². The molecular formula is C18H17Br2NO3. The van der Waals surface area contributed by atoms with Crippen molar-refractivity contribution in [3.8, 4) is 11.5 Å². The zero-order valence-electron chi connectivity index (χ0n) is 13.1. The Kier molecular flexibility index (Phi) is 6.87. The third kappa shape index (κ3) is 5.39. The molecule has 6 heteroatoms. The first kappa shape index (κ1) is 18.5. The summed E-state index contributed by atoms with van der Waals surface area (Å²) in [6.07, 6.45) is 1.66. The van der Waals surface area contributed by atoms with Gasteiger partial charge in [0.25, 0.3) is 5.91 Å². The lowest BCUT2D eigenvalue weighted by atomic mass is 10.2. The molecule has 0 saturated heterocycles. The second-order valence-electron chi connectivity index (χ2n) is 5.00. The van der Waals surface area contributed by atoms with Crippen molar-refractivity contribution in [3.05, 3.63) is 63.6 Å². The molecule has 0 radical (unpaired) electrons. The van der Waals surface area contributed by atoms with E-state index in [-0.39, 0.29) is 12.5 Å². The highest BCUT2D eigenvalue weighted by Crippen LogP contribution is 2.32. The van der Waals surface area contributed by atoms with Crippen molar-refractivity contribution in [3.63, 3.8) is 0 Å². The average molecular weight is 455 g/mol. The van der Waals surface area contributed by atoms with E-state index >= 15 is 0 Å². The van der Waals surface area contributed by atoms with E-state index in [1.54, 1.807) is 18.2 Å². The normalized spacial score (nSPS) is 10.1. The molecule has 2 rings (SSSR count). The number of hydrogen-bond donors (Lipinski definition) is 1. The first-order chi connectivity index (χ1) is 11.5. The third-order valence-corrected chi connectivity index (χ3v) is 4.07. The maximum Gasteiger partial charge on any atom is 0.262 e. The number of rotatable bonds is 7. The summed E-state index contributed by atoms with van der Waals surface area (Å²) in [6.45, 7) is 5.85. The van der Waals surface area contributed by atoms with Gasteiger partial charge in [-0.15, -0.1) is 0 Å². The first-order valence-corrected chi connectivity index (χ1v) is 8.80. The van der Waals surface area contributed by atoms with Crippen molar-refractivity contribution in [1.82, 2.24) is 0 Å². The van der Waals surface area contributed by atoms with Crippen LogP contribution in [0, 0.1) is 6.92 Å². The van der Waals surface area contributed by atoms with Gasteiger partial charge in [0.15, 0.2) is 6.61 Å². The number of ether oxygens (including phenoxy) is 2. The quantitative estimate of drug-likeness (QED) is 0.592. The summed E-state index contributed by atoms with van der Waals surface area (Å²) in [4.78, 5) is 12.1. The number of amides is 1. The Morgan fingerprint density at radius 1 is 1.25 bits per heavy atom. The standard InChI is InChI=1S/C18H17Br2NO3/c1-3-7-23-15-6-4-5-14(10-15)21-17(22)11-24-18-12(2)8-13(19)9-16(18)20/h3-6,8-10H,1,7,11H2,2H3,(H,21,22). The van der Waals surface area contributed by atoms with Crippen molar-refractivity contribution in [2.45, 2.75) is 6.92 Å². The molecule has 0 spiro atoms. The highest BCUT2D eigenvalue weighted by atomic mass is 79.9. The first-order valence-electron chi connectivity index (χ1n) is 7.21. The van der Waals surface area contributed by atoms with Crippen LogP contribution in [0.1, 0.15) is 5.56 Å². The second-order valence-corrected chi connectivity index (χ2v) is 6.77. The fraction of sp³-hybridized carbons (Fsp3) is 0.167. The molecule has 1 N–H and O–H groups in total. The van der Waals surface area contributed by atoms with Crippen LogP contribution >= 0.6 is 31.9 Å². The summed E-state index contributed by atoms with van der Waals surface area (Å²) < 4.78 is 12.8. The van der Waals surface area contributed by atoms with Crippen LogP contribution in [0.4, 0.5) is 5.69 Å². The smallest absolute Gasteiger partial charge is 0.262 e. The minimum absolute atomic E-state index is 0.0845. The van der Waals surface area contributed by atoms with Crippen molar-refractivity contribution < 1.29 is 14.3 Å². The number of benzene rings is 2. The number of aryl methyl sites for hydroxylation is 1. The summed E-state index contributed by atoms with van der Waals surface area (Å²) in [5, 5.41) is 2.78. The number of carbonyl (C=O) groups excluding carboxylic acids is 1. The fourth-order valence-corrected chi connectivity index (χ4v) is 3.58. The Morgan fingerprint density at radius 2 is 2.04 bits per heavy atom. The molecule has 2 aromatic rings. The minimum Gasteiger partial charge on any atom is -0.489 e. The van der Waals surface area contributed by atoms with Crippen LogP contribution in [-0.4, -0.2) is 19.1 Å². The van der Waals surface area contributed by atoms with Crippen LogP contribution in [0.15, 0.2) is 58.0 Å². The molecule has 1 amide bonds. The predicted molar refractivity (Wildman–Crippen MR) is 103 cm³/mol. The number of halogens is 2. The molecule has 0 fully saturated rings. The lowest BCUT2D eigenvalue weighted by Crippen LogP contribution is -2.20. The Hall–Kier alpha value is -1.79. The van der Waals surface area contributed by atoms with E-state index in [1.165, 1.54) is 0 Å². The fourth-order valence-electron chi connectivity index (χ4n) is 2.03. The number of anilines is 1. The SMILES string of the molecule is C=CCOc1cccc(NC(=O)COc2c(C)cc(Br)cc2Br)c1. The molecule has 0 atom stereocenters. The van der Waals surface area contributed by atoms with Crippen molar-refractivity contribution in [2.24, 2.45) is 0 Å². The van der Waals surface area contributed by atoms with Crippen LogP contribution in [0.25, 0.3) is 0 Å². The summed E-state index contributed by atoms with van der Waals surface area (Å²) in [6, 6.07) is 11.0. The maximum absolute atomic E-state index is 12.1. The van der Waals surface area contributed by atoms with Gasteiger partial charge in [-0.25, -0.2) is 0 Å². The van der Waals surface area contributed by atoms with Gasteiger partial charge in [-0.1, -0.05) is 34.7 Å². The van der Waals surface area contributed by atoms with E-state index in [4.69, 9.17) is 9.47 Å². The van der Waals surface area contributed by atoms with Gasteiger partial charge < -0.3 is 14.8 Å². The molecular weight excluding hydrogens is 438 g/mol. The molecule has 0 saturated carbocycles. The minimum atomic E-state index is -0.245. The molecule has 0 aromatic heterocycles. The van der Waals surface area contributed by atoms with Crippen LogP contribution in [0.2, 0.25) is 0 Å².